The van der Waals surface area contributed by atoms with Crippen molar-refractivity contribution in [1.29, 1.82) is 0 Å². The van der Waals surface area contributed by atoms with E-state index in [0.717, 1.165) is 12.0 Å². The molecule has 3 unspecified atom stereocenters. The van der Waals surface area contributed by atoms with Crippen LogP contribution in [0.25, 0.3) is 0 Å². The molecule has 4 nitrogen and oxygen atoms in total. The molecule has 0 aliphatic heterocycles. The minimum atomic E-state index is -0.337. The van der Waals surface area contributed by atoms with Crippen molar-refractivity contribution in [2.24, 2.45) is 11.8 Å². The van der Waals surface area contributed by atoms with E-state index in [1.165, 1.54) is 30.4 Å². The molecule has 1 aliphatic carbocycles. The number of hydrogen-bond acceptors (Lipinski definition) is 4. The van der Waals surface area contributed by atoms with Gasteiger partial charge < -0.3 is 14.9 Å². The zero-order chi connectivity index (χ0) is 21.8. The van der Waals surface area contributed by atoms with Crippen LogP contribution in [0.3, 0.4) is 0 Å². The Morgan fingerprint density at radius 3 is 2.50 bits per heavy atom. The fourth-order valence-electron chi connectivity index (χ4n) is 4.46. The smallest absolute Gasteiger partial charge is 0.174 e. The Morgan fingerprint density at radius 1 is 1.17 bits per heavy atom. The molecule has 0 bridgehead atoms. The van der Waals surface area contributed by atoms with Gasteiger partial charge in [0.2, 0.25) is 0 Å². The van der Waals surface area contributed by atoms with E-state index >= 15 is 0 Å². The van der Waals surface area contributed by atoms with Gasteiger partial charge >= 0.3 is 0 Å². The van der Waals surface area contributed by atoms with Crippen LogP contribution in [0.2, 0.25) is 0 Å². The molecule has 1 aliphatic rings. The van der Waals surface area contributed by atoms with Gasteiger partial charge in [-0.3, -0.25) is 4.79 Å². The van der Waals surface area contributed by atoms with Gasteiger partial charge in [-0.05, 0) is 45.1 Å². The number of phenolic OH excluding ortho intramolecular Hbond substituents is 2. The average molecular weight is 407 g/mol. The minimum Gasteiger partial charge on any atom is -0.508 e. The fraction of sp³-hybridized carbons (Fsp3) is 0.346. The largest absolute Gasteiger partial charge is 0.508 e. The third-order valence-corrected chi connectivity index (χ3v) is 5.98. The number of phenols is 2. The first-order valence-electron chi connectivity index (χ1n) is 10.3. The lowest BCUT2D eigenvalue weighted by molar-refractivity contribution is 0.0872. The van der Waals surface area contributed by atoms with E-state index in [-0.39, 0.29) is 46.3 Å². The number of ketones is 1. The van der Waals surface area contributed by atoms with Crippen molar-refractivity contribution in [1.82, 2.24) is 0 Å². The molecule has 0 aromatic heterocycles. The lowest BCUT2D eigenvalue weighted by Gasteiger charge is -2.37. The number of Topliss-reactive ketones (excluding diaryl/α,β-unsaturated/α-hetero) is 1. The standard InChI is InChI=1S/C26H30O4/c1-16(2)10-12-20-17(3)11-13-21(24(20)18-8-6-5-7-9-18)26(29)25-22(28)14-19(27)15-23(25)30-4/h5-11,14-15,20-21,24,27-28H,12-13H2,1-4H3. The number of rotatable bonds is 6. The van der Waals surface area contributed by atoms with Crippen molar-refractivity contribution >= 4 is 5.78 Å². The molecule has 3 atom stereocenters. The third-order valence-electron chi connectivity index (χ3n) is 5.98. The molecule has 0 amide bonds. The van der Waals surface area contributed by atoms with Gasteiger partial charge in [-0.2, -0.15) is 0 Å². The van der Waals surface area contributed by atoms with Crippen LogP contribution in [0.5, 0.6) is 17.2 Å². The summed E-state index contributed by atoms with van der Waals surface area (Å²) in [4.78, 5) is 13.7. The number of benzene rings is 2. The highest BCUT2D eigenvalue weighted by atomic mass is 16.5. The van der Waals surface area contributed by atoms with Gasteiger partial charge in [-0.1, -0.05) is 53.6 Å². The van der Waals surface area contributed by atoms with Gasteiger partial charge in [-0.25, -0.2) is 0 Å². The lowest BCUT2D eigenvalue weighted by Crippen LogP contribution is -2.31. The first-order chi connectivity index (χ1) is 14.3. The SMILES string of the molecule is COc1cc(O)cc(O)c1C(=O)C1CC=C(C)C(CC=C(C)C)C1c1ccccc1. The number of carbonyl (C=O) groups is 1. The maximum absolute atomic E-state index is 13.7. The van der Waals surface area contributed by atoms with Crippen molar-refractivity contribution in [2.75, 3.05) is 7.11 Å². The zero-order valence-electron chi connectivity index (χ0n) is 18.1. The van der Waals surface area contributed by atoms with E-state index in [0.29, 0.717) is 6.42 Å². The summed E-state index contributed by atoms with van der Waals surface area (Å²) < 4.78 is 5.32. The van der Waals surface area contributed by atoms with Crippen molar-refractivity contribution < 1.29 is 19.7 Å². The van der Waals surface area contributed by atoms with E-state index < -0.39 is 0 Å². The highest BCUT2D eigenvalue weighted by molar-refractivity contribution is 6.03. The maximum atomic E-state index is 13.7. The summed E-state index contributed by atoms with van der Waals surface area (Å²) in [6, 6.07) is 12.7. The average Bonchev–Trinajstić information content (AvgIpc) is 2.72. The monoisotopic (exact) mass is 406 g/mol. The van der Waals surface area contributed by atoms with Crippen molar-refractivity contribution in [2.45, 2.75) is 39.5 Å². The van der Waals surface area contributed by atoms with Crippen LogP contribution in [0.4, 0.5) is 0 Å². The summed E-state index contributed by atoms with van der Waals surface area (Å²) >= 11 is 0. The Bertz CT molecular complexity index is 968. The number of aromatic hydroxyl groups is 2. The van der Waals surface area contributed by atoms with Crippen molar-refractivity contribution in [3.63, 3.8) is 0 Å². The van der Waals surface area contributed by atoms with Crippen LogP contribution >= 0.6 is 0 Å². The molecule has 30 heavy (non-hydrogen) atoms. The topological polar surface area (TPSA) is 66.8 Å². The number of ether oxygens (including phenoxy) is 1. The molecular formula is C26H30O4. The molecule has 4 heteroatoms. The van der Waals surface area contributed by atoms with E-state index in [9.17, 15) is 15.0 Å². The van der Waals surface area contributed by atoms with Gasteiger partial charge in [0.1, 0.15) is 22.8 Å². The number of hydrogen-bond donors (Lipinski definition) is 2. The quantitative estimate of drug-likeness (QED) is 0.455. The Morgan fingerprint density at radius 2 is 1.87 bits per heavy atom. The van der Waals surface area contributed by atoms with Gasteiger partial charge in [0.25, 0.3) is 0 Å². The molecule has 2 aromatic carbocycles. The first kappa shape index (κ1) is 21.7. The van der Waals surface area contributed by atoms with Gasteiger partial charge in [-0.15, -0.1) is 0 Å². The second-order valence-electron chi connectivity index (χ2n) is 8.26. The molecule has 0 spiro atoms. The number of carbonyl (C=O) groups excluding carboxylic acids is 1. The van der Waals surface area contributed by atoms with Crippen LogP contribution < -0.4 is 4.74 Å². The Balaban J connectivity index is 2.10. The van der Waals surface area contributed by atoms with Crippen molar-refractivity contribution in [3.05, 3.63) is 76.9 Å². The third kappa shape index (κ3) is 4.43. The zero-order valence-corrected chi connectivity index (χ0v) is 18.1. The van der Waals surface area contributed by atoms with E-state index in [1.54, 1.807) is 0 Å². The Labute approximate surface area is 178 Å². The molecule has 2 N–H and O–H groups in total. The first-order valence-corrected chi connectivity index (χ1v) is 10.3. The second kappa shape index (κ2) is 9.21. The van der Waals surface area contributed by atoms with Gasteiger partial charge in [0.05, 0.1) is 7.11 Å². The molecule has 0 heterocycles. The summed E-state index contributed by atoms with van der Waals surface area (Å²) in [6.45, 7) is 6.31. The molecule has 0 radical (unpaired) electrons. The maximum Gasteiger partial charge on any atom is 0.174 e. The molecule has 0 saturated heterocycles. The number of methoxy groups -OCH3 is 1. The minimum absolute atomic E-state index is 0.0165. The summed E-state index contributed by atoms with van der Waals surface area (Å²) in [6.07, 6.45) is 5.82. The molecule has 158 valence electrons. The predicted octanol–water partition coefficient (Wildman–Crippen LogP) is 6.01. The highest BCUT2D eigenvalue weighted by Crippen LogP contribution is 2.47. The van der Waals surface area contributed by atoms with E-state index in [2.05, 4.69) is 45.1 Å². The van der Waals surface area contributed by atoms with Crippen LogP contribution in [-0.2, 0) is 0 Å². The Hall–Kier alpha value is -3.01. The van der Waals surface area contributed by atoms with Crippen LogP contribution in [0.1, 0.15) is 55.5 Å². The summed E-state index contributed by atoms with van der Waals surface area (Å²) in [5, 5.41) is 20.3. The molecule has 2 aromatic rings. The van der Waals surface area contributed by atoms with Crippen molar-refractivity contribution in [3.8, 4) is 17.2 Å². The van der Waals surface area contributed by atoms with Crippen LogP contribution in [0.15, 0.2) is 65.8 Å². The predicted molar refractivity (Wildman–Crippen MR) is 119 cm³/mol. The van der Waals surface area contributed by atoms with Gasteiger partial charge in [0.15, 0.2) is 5.78 Å². The fourth-order valence-corrected chi connectivity index (χ4v) is 4.46. The van der Waals surface area contributed by atoms with Crippen LogP contribution in [-0.4, -0.2) is 23.1 Å². The van der Waals surface area contributed by atoms with E-state index in [1.807, 2.05) is 18.2 Å². The normalized spacial score (nSPS) is 20.9. The molecular weight excluding hydrogens is 376 g/mol. The molecule has 0 saturated carbocycles. The number of allylic oxidation sites excluding steroid dienone is 4. The summed E-state index contributed by atoms with van der Waals surface area (Å²) in [5.74, 6) is -0.527. The molecule has 3 rings (SSSR count). The lowest BCUT2D eigenvalue weighted by atomic mass is 9.65. The summed E-state index contributed by atoms with van der Waals surface area (Å²) in [7, 11) is 1.43. The van der Waals surface area contributed by atoms with Crippen LogP contribution in [0, 0.1) is 11.8 Å². The van der Waals surface area contributed by atoms with E-state index in [4.69, 9.17) is 4.74 Å². The molecule has 0 fully saturated rings. The second-order valence-corrected chi connectivity index (χ2v) is 8.26. The summed E-state index contributed by atoms with van der Waals surface area (Å²) in [5.41, 5.74) is 3.79. The highest BCUT2D eigenvalue weighted by Gasteiger charge is 2.39. The van der Waals surface area contributed by atoms with Gasteiger partial charge in [0, 0.05) is 24.0 Å². The Kier molecular flexibility index (Phi) is 6.66.